The van der Waals surface area contributed by atoms with Gasteiger partial charge in [-0.25, -0.2) is 22.0 Å². The van der Waals surface area contributed by atoms with Crippen LogP contribution in [0.1, 0.15) is 0 Å². The molecule has 0 amide bonds. The van der Waals surface area contributed by atoms with Gasteiger partial charge in [-0.2, -0.15) is 0 Å². The molecule has 108 valence electrons. The summed E-state index contributed by atoms with van der Waals surface area (Å²) in [6.07, 6.45) is 0. The second-order valence-electron chi connectivity index (χ2n) is 4.24. The van der Waals surface area contributed by atoms with Crippen LogP contribution in [0.4, 0.5) is 22.0 Å². The first-order valence-corrected chi connectivity index (χ1v) is 6.04. The Bertz CT molecular complexity index is 905. The van der Waals surface area contributed by atoms with Gasteiger partial charge >= 0.3 is 0 Å². The molecule has 2 aromatic carbocycles. The van der Waals surface area contributed by atoms with Crippen LogP contribution in [0.25, 0.3) is 16.7 Å². The van der Waals surface area contributed by atoms with Gasteiger partial charge < -0.3 is 4.98 Å². The molecule has 0 aliphatic carbocycles. The van der Waals surface area contributed by atoms with Crippen molar-refractivity contribution in [1.82, 2.24) is 9.55 Å². The van der Waals surface area contributed by atoms with E-state index in [1.807, 2.05) is 0 Å². The van der Waals surface area contributed by atoms with Crippen molar-refractivity contribution in [1.29, 1.82) is 0 Å². The van der Waals surface area contributed by atoms with Crippen molar-refractivity contribution in [3.8, 4) is 5.69 Å². The molecule has 1 aromatic heterocycles. The minimum absolute atomic E-state index is 0.0574. The Hall–Kier alpha value is -2.22. The zero-order chi connectivity index (χ0) is 15.3. The number of rotatable bonds is 1. The molecule has 1 heterocycles. The summed E-state index contributed by atoms with van der Waals surface area (Å²) in [5.74, 6) is -6.22. The van der Waals surface area contributed by atoms with E-state index < -0.39 is 40.3 Å². The first kappa shape index (κ1) is 13.7. The number of imidazole rings is 1. The minimum Gasteiger partial charge on any atom is -0.330 e. The molecular weight excluding hydrogens is 311 g/mol. The summed E-state index contributed by atoms with van der Waals surface area (Å²) in [4.78, 5) is 2.51. The van der Waals surface area contributed by atoms with Crippen molar-refractivity contribution in [3.05, 3.63) is 58.1 Å². The lowest BCUT2D eigenvalue weighted by molar-refractivity contribution is 0.511. The predicted molar refractivity (Wildman–Crippen MR) is 68.2 cm³/mol. The van der Waals surface area contributed by atoms with E-state index in [2.05, 4.69) is 4.98 Å². The lowest BCUT2D eigenvalue weighted by Crippen LogP contribution is -2.04. The topological polar surface area (TPSA) is 20.7 Å². The summed E-state index contributed by atoms with van der Waals surface area (Å²) < 4.78 is 68.3. The number of fused-ring (bicyclic) bond motifs is 1. The molecule has 0 unspecified atom stereocenters. The van der Waals surface area contributed by atoms with E-state index in [0.29, 0.717) is 16.7 Å². The van der Waals surface area contributed by atoms with Gasteiger partial charge in [-0.05, 0) is 24.4 Å². The van der Waals surface area contributed by atoms with Gasteiger partial charge in [0, 0.05) is 12.1 Å². The molecule has 0 spiro atoms. The molecule has 0 radical (unpaired) electrons. The fraction of sp³-hybridized carbons (Fsp3) is 0. The molecule has 0 atom stereocenters. The van der Waals surface area contributed by atoms with Crippen LogP contribution in [0.15, 0.2) is 24.3 Å². The smallest absolute Gasteiger partial charge is 0.184 e. The SMILES string of the molecule is Fc1cc(F)c(-n2c(=S)[nH]c3ccc(F)c(F)c32)c(F)c1. The molecule has 1 N–H and O–H groups in total. The third-order valence-corrected chi connectivity index (χ3v) is 3.23. The van der Waals surface area contributed by atoms with Gasteiger partial charge in [0.1, 0.15) is 17.0 Å². The summed E-state index contributed by atoms with van der Waals surface area (Å²) >= 11 is 4.88. The third kappa shape index (κ3) is 2.02. The maximum atomic E-state index is 13.9. The zero-order valence-electron chi connectivity index (χ0n) is 10.1. The second kappa shape index (κ2) is 4.66. The van der Waals surface area contributed by atoms with E-state index >= 15 is 0 Å². The van der Waals surface area contributed by atoms with Crippen molar-refractivity contribution in [2.75, 3.05) is 0 Å². The van der Waals surface area contributed by atoms with Gasteiger partial charge in [0.15, 0.2) is 28.0 Å². The lowest BCUT2D eigenvalue weighted by Gasteiger charge is -2.08. The molecule has 3 aromatic rings. The largest absolute Gasteiger partial charge is 0.330 e. The Balaban J connectivity index is 2.49. The number of H-pyrrole nitrogens is 1. The van der Waals surface area contributed by atoms with Crippen LogP contribution in [0.3, 0.4) is 0 Å². The molecule has 3 rings (SSSR count). The first-order chi connectivity index (χ1) is 9.90. The highest BCUT2D eigenvalue weighted by Gasteiger charge is 2.20. The maximum absolute atomic E-state index is 13.9. The molecule has 0 aliphatic rings. The molecule has 2 nitrogen and oxygen atoms in total. The van der Waals surface area contributed by atoms with E-state index in [-0.39, 0.29) is 10.3 Å². The van der Waals surface area contributed by atoms with Gasteiger partial charge in [-0.15, -0.1) is 0 Å². The van der Waals surface area contributed by atoms with Gasteiger partial charge in [0.05, 0.1) is 5.52 Å². The standard InChI is InChI=1S/C13H5F5N2S/c14-5-3-7(16)11(8(17)4-5)20-12-9(19-13(20)21)2-1-6(15)10(12)18/h1-4H,(H,19,21). The molecule has 8 heteroatoms. The second-order valence-corrected chi connectivity index (χ2v) is 4.63. The summed E-state index contributed by atoms with van der Waals surface area (Å²) in [6.45, 7) is 0. The van der Waals surface area contributed by atoms with Gasteiger partial charge in [0.25, 0.3) is 0 Å². The van der Waals surface area contributed by atoms with Gasteiger partial charge in [-0.1, -0.05) is 0 Å². The molecule has 0 saturated heterocycles. The highest BCUT2D eigenvalue weighted by Crippen LogP contribution is 2.27. The number of hydrogen-bond donors (Lipinski definition) is 1. The maximum Gasteiger partial charge on any atom is 0.184 e. The molecule has 21 heavy (non-hydrogen) atoms. The van der Waals surface area contributed by atoms with E-state index in [1.54, 1.807) is 0 Å². The van der Waals surface area contributed by atoms with Crippen LogP contribution in [0.2, 0.25) is 0 Å². The minimum atomic E-state index is -1.32. The van der Waals surface area contributed by atoms with Crippen LogP contribution in [0.5, 0.6) is 0 Å². The zero-order valence-corrected chi connectivity index (χ0v) is 10.9. The molecule has 0 aliphatic heterocycles. The first-order valence-electron chi connectivity index (χ1n) is 5.64. The van der Waals surface area contributed by atoms with Crippen molar-refractivity contribution >= 4 is 23.3 Å². The van der Waals surface area contributed by atoms with Crippen molar-refractivity contribution < 1.29 is 22.0 Å². The molecule has 0 bridgehead atoms. The number of nitrogens with one attached hydrogen (secondary N) is 1. The number of halogens is 5. The summed E-state index contributed by atoms with van der Waals surface area (Å²) in [7, 11) is 0. The van der Waals surface area contributed by atoms with Crippen LogP contribution in [0, 0.1) is 33.9 Å². The normalized spacial score (nSPS) is 11.3. The average molecular weight is 316 g/mol. The summed E-state index contributed by atoms with van der Waals surface area (Å²) in [6, 6.07) is 2.89. The highest BCUT2D eigenvalue weighted by atomic mass is 32.1. The third-order valence-electron chi connectivity index (χ3n) is 2.94. The Morgan fingerprint density at radius 1 is 0.905 bits per heavy atom. The van der Waals surface area contributed by atoms with Crippen molar-refractivity contribution in [2.24, 2.45) is 0 Å². The predicted octanol–water partition coefficient (Wildman–Crippen LogP) is 4.38. The van der Waals surface area contributed by atoms with E-state index in [0.717, 1.165) is 6.07 Å². The average Bonchev–Trinajstić information content (AvgIpc) is 2.71. The molecule has 0 fully saturated rings. The van der Waals surface area contributed by atoms with Gasteiger partial charge in [-0.3, -0.25) is 4.57 Å². The van der Waals surface area contributed by atoms with E-state index in [4.69, 9.17) is 12.2 Å². The Morgan fingerprint density at radius 2 is 1.52 bits per heavy atom. The van der Waals surface area contributed by atoms with Crippen LogP contribution < -0.4 is 0 Å². The Kier molecular flexibility index (Phi) is 3.05. The summed E-state index contributed by atoms with van der Waals surface area (Å²) in [5.41, 5.74) is -1.18. The molecule has 0 saturated carbocycles. The highest BCUT2D eigenvalue weighted by molar-refractivity contribution is 7.71. The molecular formula is C13H5F5N2S. The van der Waals surface area contributed by atoms with Gasteiger partial charge in [0.2, 0.25) is 0 Å². The Labute approximate surface area is 119 Å². The fourth-order valence-corrected chi connectivity index (χ4v) is 2.39. The summed E-state index contributed by atoms with van der Waals surface area (Å²) in [5, 5.41) is 0. The monoisotopic (exact) mass is 316 g/mol. The number of hydrogen-bond acceptors (Lipinski definition) is 1. The number of aromatic nitrogens is 2. The van der Waals surface area contributed by atoms with Crippen LogP contribution >= 0.6 is 12.2 Å². The number of benzene rings is 2. The Morgan fingerprint density at radius 3 is 2.14 bits per heavy atom. The number of nitrogens with zero attached hydrogens (tertiary/aromatic N) is 1. The number of aromatic amines is 1. The van der Waals surface area contributed by atoms with Crippen molar-refractivity contribution in [2.45, 2.75) is 0 Å². The quantitative estimate of drug-likeness (QED) is 0.522. The van der Waals surface area contributed by atoms with Crippen molar-refractivity contribution in [3.63, 3.8) is 0 Å². The van der Waals surface area contributed by atoms with E-state index in [9.17, 15) is 22.0 Å². The fourth-order valence-electron chi connectivity index (χ4n) is 2.09. The van der Waals surface area contributed by atoms with Crippen LogP contribution in [-0.2, 0) is 0 Å². The van der Waals surface area contributed by atoms with E-state index in [1.165, 1.54) is 6.07 Å². The lowest BCUT2D eigenvalue weighted by atomic mass is 10.2. The van der Waals surface area contributed by atoms with Crippen LogP contribution in [-0.4, -0.2) is 9.55 Å².